The largest absolute Gasteiger partial charge is 0.399 e. The number of nitrogens with two attached hydrogens (primary N) is 1. The van der Waals surface area contributed by atoms with Crippen molar-refractivity contribution < 1.29 is 4.79 Å². The number of carbonyl (C=O) groups is 1. The number of amides is 1. The van der Waals surface area contributed by atoms with Gasteiger partial charge in [-0.1, -0.05) is 0 Å². The van der Waals surface area contributed by atoms with Crippen molar-refractivity contribution in [1.82, 2.24) is 9.97 Å². The third kappa shape index (κ3) is 1.79. The van der Waals surface area contributed by atoms with E-state index in [1.165, 1.54) is 0 Å². The van der Waals surface area contributed by atoms with Crippen LogP contribution in [0.15, 0.2) is 42.7 Å². The number of benzene rings is 1. The number of fused-ring (bicyclic) bond motifs is 2. The number of pyridine rings is 1. The lowest BCUT2D eigenvalue weighted by Crippen LogP contribution is -2.03. The highest BCUT2D eigenvalue weighted by atomic mass is 16.2. The Bertz CT molecular complexity index is 908. The summed E-state index contributed by atoms with van der Waals surface area (Å²) in [6.45, 7) is 0. The lowest BCUT2D eigenvalue weighted by molar-refractivity contribution is -0.110. The summed E-state index contributed by atoms with van der Waals surface area (Å²) in [5.41, 5.74) is 10.4. The fourth-order valence-corrected chi connectivity index (χ4v) is 2.60. The van der Waals surface area contributed by atoms with E-state index in [9.17, 15) is 4.79 Å². The van der Waals surface area contributed by atoms with Crippen LogP contribution < -0.4 is 11.1 Å². The average Bonchev–Trinajstić information content (AvgIpc) is 3.02. The number of carbonyl (C=O) groups excluding carboxylic acids is 1. The molecule has 1 aromatic carbocycles. The Morgan fingerprint density at radius 2 is 2.14 bits per heavy atom. The van der Waals surface area contributed by atoms with Crippen LogP contribution in [0.4, 0.5) is 11.4 Å². The van der Waals surface area contributed by atoms with Gasteiger partial charge in [0.15, 0.2) is 0 Å². The molecule has 1 amide bonds. The highest BCUT2D eigenvalue weighted by Crippen LogP contribution is 2.35. The molecule has 5 nitrogen and oxygen atoms in total. The van der Waals surface area contributed by atoms with Crippen molar-refractivity contribution >= 4 is 40.0 Å². The van der Waals surface area contributed by atoms with Gasteiger partial charge in [0.25, 0.3) is 5.91 Å². The number of nitrogen functional groups attached to an aromatic ring is 1. The molecule has 3 heterocycles. The molecule has 4 rings (SSSR count). The number of hydrogen-bond donors (Lipinski definition) is 3. The standard InChI is InChI=1S/C16H12N4O/c17-10-3-4-14-12(7-10)13(16(21)20-14)6-9-8-19-15-11(9)2-1-5-18-15/h1-8H,17H2,(H,18,19)(H,20,21). The summed E-state index contributed by atoms with van der Waals surface area (Å²) in [7, 11) is 0. The van der Waals surface area contributed by atoms with Gasteiger partial charge in [-0.25, -0.2) is 4.98 Å². The maximum atomic E-state index is 12.2. The van der Waals surface area contributed by atoms with Crippen LogP contribution in [0.3, 0.4) is 0 Å². The third-order valence-corrected chi connectivity index (χ3v) is 3.61. The van der Waals surface area contributed by atoms with Gasteiger partial charge in [0, 0.05) is 45.9 Å². The van der Waals surface area contributed by atoms with Crippen LogP contribution in [0.1, 0.15) is 11.1 Å². The second-order valence-corrected chi connectivity index (χ2v) is 4.96. The van der Waals surface area contributed by atoms with Crippen molar-refractivity contribution in [2.45, 2.75) is 0 Å². The number of H-pyrrole nitrogens is 1. The molecule has 0 saturated heterocycles. The maximum absolute atomic E-state index is 12.2. The Morgan fingerprint density at radius 1 is 1.24 bits per heavy atom. The second-order valence-electron chi connectivity index (χ2n) is 4.96. The summed E-state index contributed by atoms with van der Waals surface area (Å²) in [5, 5.41) is 3.83. The Morgan fingerprint density at radius 3 is 3.05 bits per heavy atom. The molecule has 0 atom stereocenters. The molecule has 1 aliphatic heterocycles. The van der Waals surface area contributed by atoms with Gasteiger partial charge in [0.2, 0.25) is 0 Å². The van der Waals surface area contributed by atoms with Gasteiger partial charge >= 0.3 is 0 Å². The van der Waals surface area contributed by atoms with E-state index in [4.69, 9.17) is 5.73 Å². The summed E-state index contributed by atoms with van der Waals surface area (Å²) < 4.78 is 0. The molecule has 4 N–H and O–H groups in total. The minimum Gasteiger partial charge on any atom is -0.399 e. The fourth-order valence-electron chi connectivity index (χ4n) is 2.60. The Balaban J connectivity index is 1.90. The van der Waals surface area contributed by atoms with Crippen LogP contribution in [-0.4, -0.2) is 15.9 Å². The van der Waals surface area contributed by atoms with Crippen molar-refractivity contribution in [3.8, 4) is 0 Å². The molecule has 2 aromatic heterocycles. The number of anilines is 2. The van der Waals surface area contributed by atoms with E-state index in [1.54, 1.807) is 12.3 Å². The Hall–Kier alpha value is -3.08. The molecule has 0 fully saturated rings. The van der Waals surface area contributed by atoms with Crippen LogP contribution in [0.25, 0.3) is 22.7 Å². The molecule has 5 heteroatoms. The summed E-state index contributed by atoms with van der Waals surface area (Å²) >= 11 is 0. The van der Waals surface area contributed by atoms with Gasteiger partial charge in [-0.2, -0.15) is 0 Å². The zero-order valence-electron chi connectivity index (χ0n) is 11.1. The lowest BCUT2D eigenvalue weighted by Gasteiger charge is -2.00. The number of aromatic nitrogens is 2. The first kappa shape index (κ1) is 11.7. The molecular weight excluding hydrogens is 264 g/mol. The second kappa shape index (κ2) is 4.21. The number of nitrogens with zero attached hydrogens (tertiary/aromatic N) is 1. The van der Waals surface area contributed by atoms with E-state index in [2.05, 4.69) is 15.3 Å². The summed E-state index contributed by atoms with van der Waals surface area (Å²) in [5.74, 6) is -0.117. The molecular formula is C16H12N4O. The number of nitrogens with one attached hydrogen (secondary N) is 2. The van der Waals surface area contributed by atoms with Crippen molar-refractivity contribution in [3.05, 3.63) is 53.9 Å². The first-order chi connectivity index (χ1) is 10.2. The average molecular weight is 276 g/mol. The van der Waals surface area contributed by atoms with E-state index in [0.29, 0.717) is 11.3 Å². The SMILES string of the molecule is Nc1ccc2c(c1)C(=Cc1c[nH]c3ncccc13)C(=O)N2. The highest BCUT2D eigenvalue weighted by molar-refractivity contribution is 6.35. The van der Waals surface area contributed by atoms with Gasteiger partial charge in [-0.15, -0.1) is 0 Å². The molecule has 1 aliphatic rings. The summed E-state index contributed by atoms with van der Waals surface area (Å²) in [4.78, 5) is 19.5. The summed E-state index contributed by atoms with van der Waals surface area (Å²) in [6.07, 6.45) is 5.44. The van der Waals surface area contributed by atoms with Gasteiger partial charge in [0.05, 0.1) is 0 Å². The van der Waals surface area contributed by atoms with Crippen LogP contribution in [-0.2, 0) is 4.79 Å². The smallest absolute Gasteiger partial charge is 0.256 e. The van der Waals surface area contributed by atoms with Crippen molar-refractivity contribution in [2.75, 3.05) is 11.1 Å². The molecule has 102 valence electrons. The molecule has 3 aromatic rings. The third-order valence-electron chi connectivity index (χ3n) is 3.61. The van der Waals surface area contributed by atoms with Crippen LogP contribution in [0.5, 0.6) is 0 Å². The number of aromatic amines is 1. The van der Waals surface area contributed by atoms with E-state index in [0.717, 1.165) is 27.8 Å². The minimum atomic E-state index is -0.117. The fraction of sp³-hybridized carbons (Fsp3) is 0. The van der Waals surface area contributed by atoms with E-state index < -0.39 is 0 Å². The summed E-state index contributed by atoms with van der Waals surface area (Å²) in [6, 6.07) is 9.25. The first-order valence-corrected chi connectivity index (χ1v) is 6.57. The Kier molecular flexibility index (Phi) is 2.35. The van der Waals surface area contributed by atoms with Crippen molar-refractivity contribution in [1.29, 1.82) is 0 Å². The minimum absolute atomic E-state index is 0.117. The van der Waals surface area contributed by atoms with Gasteiger partial charge < -0.3 is 16.0 Å². The highest BCUT2D eigenvalue weighted by Gasteiger charge is 2.24. The first-order valence-electron chi connectivity index (χ1n) is 6.57. The molecule has 0 saturated carbocycles. The van der Waals surface area contributed by atoms with Gasteiger partial charge in [-0.3, -0.25) is 4.79 Å². The molecule has 21 heavy (non-hydrogen) atoms. The van der Waals surface area contributed by atoms with Gasteiger partial charge in [0.1, 0.15) is 5.65 Å². The van der Waals surface area contributed by atoms with Crippen LogP contribution >= 0.6 is 0 Å². The zero-order valence-corrected chi connectivity index (χ0v) is 11.1. The number of rotatable bonds is 1. The van der Waals surface area contributed by atoms with E-state index in [-0.39, 0.29) is 5.91 Å². The van der Waals surface area contributed by atoms with Crippen molar-refractivity contribution in [3.63, 3.8) is 0 Å². The number of hydrogen-bond acceptors (Lipinski definition) is 3. The quantitative estimate of drug-likeness (QED) is 0.472. The molecule has 0 radical (unpaired) electrons. The van der Waals surface area contributed by atoms with Crippen LogP contribution in [0, 0.1) is 0 Å². The molecule has 0 bridgehead atoms. The topological polar surface area (TPSA) is 83.8 Å². The van der Waals surface area contributed by atoms with E-state index in [1.807, 2.05) is 36.5 Å². The Labute approximate surface area is 120 Å². The maximum Gasteiger partial charge on any atom is 0.256 e. The lowest BCUT2D eigenvalue weighted by atomic mass is 10.0. The normalized spacial score (nSPS) is 15.4. The van der Waals surface area contributed by atoms with E-state index >= 15 is 0 Å². The monoisotopic (exact) mass is 276 g/mol. The predicted octanol–water partition coefficient (Wildman–Crippen LogP) is 2.64. The molecule has 0 aliphatic carbocycles. The molecule has 0 unspecified atom stereocenters. The predicted molar refractivity (Wildman–Crippen MR) is 83.4 cm³/mol. The van der Waals surface area contributed by atoms with Gasteiger partial charge in [-0.05, 0) is 36.4 Å². The van der Waals surface area contributed by atoms with Crippen LogP contribution in [0.2, 0.25) is 0 Å². The zero-order chi connectivity index (χ0) is 14.4. The molecule has 0 spiro atoms. The van der Waals surface area contributed by atoms with Crippen molar-refractivity contribution in [2.24, 2.45) is 0 Å².